The van der Waals surface area contributed by atoms with Crippen LogP contribution in [0.25, 0.3) is 0 Å². The highest BCUT2D eigenvalue weighted by Crippen LogP contribution is 2.22. The summed E-state index contributed by atoms with van der Waals surface area (Å²) in [6.45, 7) is 0.469. The summed E-state index contributed by atoms with van der Waals surface area (Å²) in [5.41, 5.74) is 7.64. The number of hydrogen-bond acceptors (Lipinski definition) is 3. The van der Waals surface area contributed by atoms with Gasteiger partial charge in [-0.2, -0.15) is 0 Å². The van der Waals surface area contributed by atoms with Crippen LogP contribution in [0.2, 0.25) is 0 Å². The topological polar surface area (TPSA) is 72.6 Å². The van der Waals surface area contributed by atoms with Gasteiger partial charge >= 0.3 is 0 Å². The molecule has 3 rings (SSSR count). The van der Waals surface area contributed by atoms with E-state index in [1.54, 1.807) is 4.90 Å². The molecule has 2 aromatic carbocycles. The maximum atomic E-state index is 12.5. The number of carbonyl (C=O) groups excluding carboxylic acids is 2. The Morgan fingerprint density at radius 2 is 1.77 bits per heavy atom. The quantitative estimate of drug-likeness (QED) is 0.868. The van der Waals surface area contributed by atoms with Gasteiger partial charge in [0, 0.05) is 13.0 Å². The van der Waals surface area contributed by atoms with Crippen molar-refractivity contribution in [3.05, 3.63) is 65.7 Å². The van der Waals surface area contributed by atoms with Crippen molar-refractivity contribution in [2.45, 2.75) is 31.7 Å². The molecule has 0 spiro atoms. The van der Waals surface area contributed by atoms with Crippen LogP contribution >= 0.6 is 0 Å². The van der Waals surface area contributed by atoms with E-state index in [1.807, 2.05) is 42.5 Å². The van der Waals surface area contributed by atoms with Crippen LogP contribution < -0.4 is 10.5 Å². The van der Waals surface area contributed by atoms with Gasteiger partial charge in [-0.3, -0.25) is 9.59 Å². The third kappa shape index (κ3) is 4.42. The number of likely N-dealkylation sites (tertiary alicyclic amines) is 1. The van der Waals surface area contributed by atoms with Gasteiger partial charge in [0.05, 0.1) is 0 Å². The number of ether oxygens (including phenoxy) is 1. The summed E-state index contributed by atoms with van der Waals surface area (Å²) in [6, 6.07) is 17.3. The molecular formula is C21H24N2O3. The second-order valence-corrected chi connectivity index (χ2v) is 6.56. The summed E-state index contributed by atoms with van der Waals surface area (Å²) >= 11 is 0. The molecule has 136 valence electrons. The molecule has 5 heteroatoms. The van der Waals surface area contributed by atoms with Gasteiger partial charge in [0.1, 0.15) is 11.8 Å². The molecule has 0 radical (unpaired) electrons. The first kappa shape index (κ1) is 18.0. The fourth-order valence-corrected chi connectivity index (χ4v) is 3.35. The van der Waals surface area contributed by atoms with Crippen LogP contribution in [-0.4, -0.2) is 35.9 Å². The van der Waals surface area contributed by atoms with E-state index in [9.17, 15) is 9.59 Å². The van der Waals surface area contributed by atoms with Crippen molar-refractivity contribution >= 4 is 11.8 Å². The second kappa shape index (κ2) is 8.52. The van der Waals surface area contributed by atoms with Crippen molar-refractivity contribution in [1.82, 2.24) is 4.90 Å². The number of benzene rings is 2. The molecular weight excluding hydrogens is 328 g/mol. The van der Waals surface area contributed by atoms with Gasteiger partial charge in [-0.1, -0.05) is 48.5 Å². The smallest absolute Gasteiger partial charge is 0.261 e. The van der Waals surface area contributed by atoms with Gasteiger partial charge in [-0.25, -0.2) is 0 Å². The van der Waals surface area contributed by atoms with Crippen molar-refractivity contribution in [2.24, 2.45) is 5.73 Å². The predicted octanol–water partition coefficient (Wildman–Crippen LogP) is 2.52. The summed E-state index contributed by atoms with van der Waals surface area (Å²) < 4.78 is 5.81. The lowest BCUT2D eigenvalue weighted by molar-refractivity contribution is -0.142. The Morgan fingerprint density at radius 1 is 1.04 bits per heavy atom. The lowest BCUT2D eigenvalue weighted by Crippen LogP contribution is -2.51. The highest BCUT2D eigenvalue weighted by molar-refractivity contribution is 5.87. The van der Waals surface area contributed by atoms with Crippen LogP contribution in [0.4, 0.5) is 0 Å². The summed E-state index contributed by atoms with van der Waals surface area (Å²) in [5.74, 6) is 0.0582. The molecule has 1 aliphatic heterocycles. The molecule has 0 bridgehead atoms. The van der Waals surface area contributed by atoms with Gasteiger partial charge in [0.25, 0.3) is 5.91 Å². The average molecular weight is 352 g/mol. The predicted molar refractivity (Wildman–Crippen MR) is 99.7 cm³/mol. The summed E-state index contributed by atoms with van der Waals surface area (Å²) in [6.07, 6.45) is 3.17. The molecule has 0 saturated carbocycles. The van der Waals surface area contributed by atoms with E-state index in [0.717, 1.165) is 24.8 Å². The van der Waals surface area contributed by atoms with Gasteiger partial charge in [-0.15, -0.1) is 0 Å². The zero-order valence-electron chi connectivity index (χ0n) is 14.8. The second-order valence-electron chi connectivity index (χ2n) is 6.56. The van der Waals surface area contributed by atoms with E-state index in [2.05, 4.69) is 12.1 Å². The highest BCUT2D eigenvalue weighted by Gasteiger charge is 2.30. The molecule has 26 heavy (non-hydrogen) atoms. The van der Waals surface area contributed by atoms with E-state index < -0.39 is 11.9 Å². The molecule has 2 amide bonds. The monoisotopic (exact) mass is 352 g/mol. The van der Waals surface area contributed by atoms with E-state index in [4.69, 9.17) is 10.5 Å². The molecule has 1 unspecified atom stereocenters. The largest absolute Gasteiger partial charge is 0.483 e. The number of piperidine rings is 1. The van der Waals surface area contributed by atoms with Gasteiger partial charge in [0.2, 0.25) is 5.91 Å². The number of rotatable bonds is 6. The molecule has 1 saturated heterocycles. The zero-order chi connectivity index (χ0) is 18.4. The standard InChI is InChI=1S/C21H24N2O3/c22-21(25)18-11-6-7-13-23(18)20(24)15-26-19-12-5-4-10-17(19)14-16-8-2-1-3-9-16/h1-5,8-10,12,18H,6-7,11,13-15H2,(H2,22,25). The average Bonchev–Trinajstić information content (AvgIpc) is 2.68. The van der Waals surface area contributed by atoms with Gasteiger partial charge < -0.3 is 15.4 Å². The van der Waals surface area contributed by atoms with Crippen LogP contribution in [0.1, 0.15) is 30.4 Å². The van der Waals surface area contributed by atoms with E-state index in [-0.39, 0.29) is 12.5 Å². The van der Waals surface area contributed by atoms with E-state index >= 15 is 0 Å². The van der Waals surface area contributed by atoms with E-state index in [1.165, 1.54) is 5.56 Å². The first-order valence-corrected chi connectivity index (χ1v) is 8.98. The van der Waals surface area contributed by atoms with Crippen molar-refractivity contribution < 1.29 is 14.3 Å². The molecule has 1 aliphatic rings. The Bertz CT molecular complexity index is 761. The molecule has 0 aromatic heterocycles. The van der Waals surface area contributed by atoms with Crippen molar-refractivity contribution in [2.75, 3.05) is 13.2 Å². The van der Waals surface area contributed by atoms with Gasteiger partial charge in [-0.05, 0) is 36.5 Å². The zero-order valence-corrected chi connectivity index (χ0v) is 14.8. The fraction of sp³-hybridized carbons (Fsp3) is 0.333. The fourth-order valence-electron chi connectivity index (χ4n) is 3.35. The first-order chi connectivity index (χ1) is 12.6. The van der Waals surface area contributed by atoms with Crippen LogP contribution in [0, 0.1) is 0 Å². The normalized spacial score (nSPS) is 16.9. The maximum absolute atomic E-state index is 12.5. The Hall–Kier alpha value is -2.82. The number of amides is 2. The minimum Gasteiger partial charge on any atom is -0.483 e. The highest BCUT2D eigenvalue weighted by atomic mass is 16.5. The summed E-state index contributed by atoms with van der Waals surface area (Å²) in [7, 11) is 0. The Morgan fingerprint density at radius 3 is 2.54 bits per heavy atom. The molecule has 5 nitrogen and oxygen atoms in total. The minimum absolute atomic E-state index is 0.0877. The van der Waals surface area contributed by atoms with E-state index in [0.29, 0.717) is 18.7 Å². The molecule has 1 atom stereocenters. The number of hydrogen-bond donors (Lipinski definition) is 1. The number of primary amides is 1. The molecule has 2 aromatic rings. The van der Waals surface area contributed by atoms with Crippen LogP contribution in [0.15, 0.2) is 54.6 Å². The molecule has 1 fully saturated rings. The Labute approximate surface area is 153 Å². The summed E-state index contributed by atoms with van der Waals surface area (Å²) in [4.78, 5) is 25.7. The number of nitrogens with two attached hydrogens (primary N) is 1. The van der Waals surface area contributed by atoms with Crippen molar-refractivity contribution in [3.8, 4) is 5.75 Å². The molecule has 0 aliphatic carbocycles. The lowest BCUT2D eigenvalue weighted by atomic mass is 10.0. The minimum atomic E-state index is -0.514. The SMILES string of the molecule is NC(=O)C1CCCCN1C(=O)COc1ccccc1Cc1ccccc1. The third-order valence-corrected chi connectivity index (χ3v) is 4.71. The third-order valence-electron chi connectivity index (χ3n) is 4.71. The van der Waals surface area contributed by atoms with Crippen LogP contribution in [0.3, 0.4) is 0 Å². The number of para-hydroxylation sites is 1. The van der Waals surface area contributed by atoms with Gasteiger partial charge in [0.15, 0.2) is 6.61 Å². The Balaban J connectivity index is 1.66. The number of nitrogens with zero attached hydrogens (tertiary/aromatic N) is 1. The van der Waals surface area contributed by atoms with Crippen LogP contribution in [-0.2, 0) is 16.0 Å². The van der Waals surface area contributed by atoms with Crippen molar-refractivity contribution in [1.29, 1.82) is 0 Å². The summed E-state index contributed by atoms with van der Waals surface area (Å²) in [5, 5.41) is 0. The Kier molecular flexibility index (Phi) is 5.89. The molecule has 2 N–H and O–H groups in total. The molecule has 1 heterocycles. The maximum Gasteiger partial charge on any atom is 0.261 e. The number of carbonyl (C=O) groups is 2. The lowest BCUT2D eigenvalue weighted by Gasteiger charge is -2.33. The first-order valence-electron chi connectivity index (χ1n) is 8.98. The van der Waals surface area contributed by atoms with Crippen molar-refractivity contribution in [3.63, 3.8) is 0 Å². The van der Waals surface area contributed by atoms with Crippen LogP contribution in [0.5, 0.6) is 5.75 Å².